The lowest BCUT2D eigenvalue weighted by Gasteiger charge is -1.85. The van der Waals surface area contributed by atoms with Crippen LogP contribution < -0.4 is 0 Å². The summed E-state index contributed by atoms with van der Waals surface area (Å²) in [6.07, 6.45) is 0. The molecule has 0 bridgehead atoms. The van der Waals surface area contributed by atoms with Gasteiger partial charge in [0.2, 0.25) is 0 Å². The Balaban J connectivity index is 3.26. The second kappa shape index (κ2) is 2.54. The molecule has 0 unspecified atom stereocenters. The Labute approximate surface area is 63.9 Å². The number of hydrogen-bond acceptors (Lipinski definition) is 3. The molecule has 1 N–H and O–H groups in total. The van der Waals surface area contributed by atoms with E-state index in [1.165, 1.54) is 6.92 Å². The molecule has 1 rings (SSSR count). The Kier molecular flexibility index (Phi) is 1.73. The van der Waals surface area contributed by atoms with E-state index in [0.29, 0.717) is 11.5 Å². The Morgan fingerprint density at radius 1 is 1.73 bits per heavy atom. The summed E-state index contributed by atoms with van der Waals surface area (Å²) in [4.78, 5) is 17.3. The van der Waals surface area contributed by atoms with E-state index in [4.69, 9.17) is 5.26 Å². The fourth-order valence-corrected chi connectivity index (χ4v) is 0.827. The third-order valence-electron chi connectivity index (χ3n) is 1.28. The fraction of sp³-hybridized carbons (Fsp3) is 0.286. The van der Waals surface area contributed by atoms with Crippen molar-refractivity contribution in [1.82, 2.24) is 9.97 Å². The first kappa shape index (κ1) is 7.48. The van der Waals surface area contributed by atoms with Crippen molar-refractivity contribution < 1.29 is 4.79 Å². The lowest BCUT2D eigenvalue weighted by molar-refractivity contribution is 0.101. The average Bonchev–Trinajstić information content (AvgIpc) is 2.30. The molecule has 0 saturated heterocycles. The SMILES string of the molecule is CC(=O)c1[nH]c(C)nc1C#N. The molecule has 0 saturated carbocycles. The first-order chi connectivity index (χ1) is 5.15. The van der Waals surface area contributed by atoms with Crippen molar-refractivity contribution in [2.75, 3.05) is 0 Å². The first-order valence-electron chi connectivity index (χ1n) is 3.12. The molecule has 1 aromatic rings. The van der Waals surface area contributed by atoms with E-state index in [1.807, 2.05) is 6.07 Å². The predicted octanol–water partition coefficient (Wildman–Crippen LogP) is 0.792. The standard InChI is InChI=1S/C7H7N3O/c1-4(11)7-6(3-8)9-5(2)10-7/h1-2H3,(H,9,10). The summed E-state index contributed by atoms with van der Waals surface area (Å²) >= 11 is 0. The topological polar surface area (TPSA) is 69.5 Å². The van der Waals surface area contributed by atoms with Crippen LogP contribution in [0.5, 0.6) is 0 Å². The van der Waals surface area contributed by atoms with Crippen LogP contribution in [0.15, 0.2) is 0 Å². The van der Waals surface area contributed by atoms with Gasteiger partial charge < -0.3 is 4.98 Å². The van der Waals surface area contributed by atoms with Crippen molar-refractivity contribution in [3.63, 3.8) is 0 Å². The summed E-state index contributed by atoms with van der Waals surface area (Å²) in [7, 11) is 0. The summed E-state index contributed by atoms with van der Waals surface area (Å²) < 4.78 is 0. The Bertz CT molecular complexity index is 332. The summed E-state index contributed by atoms with van der Waals surface area (Å²) in [5.74, 6) is 0.425. The maximum Gasteiger partial charge on any atom is 0.178 e. The molecule has 0 aliphatic carbocycles. The van der Waals surface area contributed by atoms with Crippen LogP contribution in [0.25, 0.3) is 0 Å². The van der Waals surface area contributed by atoms with Gasteiger partial charge >= 0.3 is 0 Å². The van der Waals surface area contributed by atoms with Crippen LogP contribution in [0, 0.1) is 18.3 Å². The van der Waals surface area contributed by atoms with Crippen LogP contribution in [-0.2, 0) is 0 Å². The van der Waals surface area contributed by atoms with Gasteiger partial charge in [0, 0.05) is 6.92 Å². The number of carbonyl (C=O) groups is 1. The fourth-order valence-electron chi connectivity index (χ4n) is 0.827. The number of rotatable bonds is 1. The van der Waals surface area contributed by atoms with E-state index in [-0.39, 0.29) is 11.5 Å². The second-order valence-electron chi connectivity index (χ2n) is 2.21. The molecule has 4 nitrogen and oxygen atoms in total. The van der Waals surface area contributed by atoms with Gasteiger partial charge in [-0.3, -0.25) is 4.79 Å². The van der Waals surface area contributed by atoms with Gasteiger partial charge in [0.05, 0.1) is 0 Å². The maximum atomic E-state index is 10.8. The number of H-pyrrole nitrogens is 1. The largest absolute Gasteiger partial charge is 0.339 e. The molecule has 0 aromatic carbocycles. The van der Waals surface area contributed by atoms with E-state index >= 15 is 0 Å². The number of imidazole rings is 1. The molecule has 1 heterocycles. The molecular weight excluding hydrogens is 142 g/mol. The monoisotopic (exact) mass is 149 g/mol. The summed E-state index contributed by atoms with van der Waals surface area (Å²) in [6, 6.07) is 1.83. The number of ketones is 1. The molecule has 0 aliphatic rings. The van der Waals surface area contributed by atoms with Crippen LogP contribution in [0.2, 0.25) is 0 Å². The van der Waals surface area contributed by atoms with E-state index < -0.39 is 0 Å². The Morgan fingerprint density at radius 3 is 2.73 bits per heavy atom. The summed E-state index contributed by atoms with van der Waals surface area (Å²) in [5, 5.41) is 8.50. The quantitative estimate of drug-likeness (QED) is 0.600. The number of Topliss-reactive ketones (excluding diaryl/α,β-unsaturated/α-hetero) is 1. The number of aryl methyl sites for hydroxylation is 1. The van der Waals surface area contributed by atoms with Gasteiger partial charge in [0.1, 0.15) is 17.6 Å². The third-order valence-corrected chi connectivity index (χ3v) is 1.28. The highest BCUT2D eigenvalue weighted by Gasteiger charge is 2.10. The molecular formula is C7H7N3O. The lowest BCUT2D eigenvalue weighted by Crippen LogP contribution is -1.95. The third kappa shape index (κ3) is 1.27. The van der Waals surface area contributed by atoms with Crippen LogP contribution in [0.1, 0.15) is 28.9 Å². The number of nitrogens with one attached hydrogen (secondary N) is 1. The lowest BCUT2D eigenvalue weighted by atomic mass is 10.3. The van der Waals surface area contributed by atoms with Crippen molar-refractivity contribution in [3.05, 3.63) is 17.2 Å². The van der Waals surface area contributed by atoms with Crippen LogP contribution in [-0.4, -0.2) is 15.8 Å². The minimum absolute atomic E-state index is 0.165. The van der Waals surface area contributed by atoms with Gasteiger partial charge in [-0.1, -0.05) is 0 Å². The van der Waals surface area contributed by atoms with Crippen molar-refractivity contribution >= 4 is 5.78 Å². The zero-order chi connectivity index (χ0) is 8.43. The molecule has 11 heavy (non-hydrogen) atoms. The number of aromatic nitrogens is 2. The van der Waals surface area contributed by atoms with Gasteiger partial charge in [-0.15, -0.1) is 0 Å². The van der Waals surface area contributed by atoms with Crippen LogP contribution >= 0.6 is 0 Å². The first-order valence-corrected chi connectivity index (χ1v) is 3.12. The normalized spacial score (nSPS) is 9.18. The van der Waals surface area contributed by atoms with Crippen molar-refractivity contribution in [2.24, 2.45) is 0 Å². The number of aromatic amines is 1. The smallest absolute Gasteiger partial charge is 0.178 e. The number of nitrogens with zero attached hydrogens (tertiary/aromatic N) is 2. The number of hydrogen-bond donors (Lipinski definition) is 1. The molecule has 56 valence electrons. The molecule has 0 atom stereocenters. The highest BCUT2D eigenvalue weighted by atomic mass is 16.1. The predicted molar refractivity (Wildman–Crippen MR) is 38.0 cm³/mol. The molecule has 0 spiro atoms. The summed E-state index contributed by atoms with van der Waals surface area (Å²) in [5.41, 5.74) is 0.472. The average molecular weight is 149 g/mol. The maximum absolute atomic E-state index is 10.8. The second-order valence-corrected chi connectivity index (χ2v) is 2.21. The van der Waals surface area contributed by atoms with E-state index in [2.05, 4.69) is 9.97 Å². The van der Waals surface area contributed by atoms with Gasteiger partial charge in [0.15, 0.2) is 11.5 Å². The van der Waals surface area contributed by atoms with Crippen LogP contribution in [0.3, 0.4) is 0 Å². The van der Waals surface area contributed by atoms with E-state index in [9.17, 15) is 4.79 Å². The number of carbonyl (C=O) groups excluding carboxylic acids is 1. The Hall–Kier alpha value is -1.63. The molecule has 0 fully saturated rings. The van der Waals surface area contributed by atoms with E-state index in [0.717, 1.165) is 0 Å². The van der Waals surface area contributed by atoms with Crippen LogP contribution in [0.4, 0.5) is 0 Å². The highest BCUT2D eigenvalue weighted by molar-refractivity contribution is 5.94. The molecule has 0 amide bonds. The Morgan fingerprint density at radius 2 is 2.36 bits per heavy atom. The minimum atomic E-state index is -0.165. The minimum Gasteiger partial charge on any atom is -0.339 e. The van der Waals surface area contributed by atoms with Gasteiger partial charge in [-0.05, 0) is 6.92 Å². The van der Waals surface area contributed by atoms with Crippen molar-refractivity contribution in [2.45, 2.75) is 13.8 Å². The zero-order valence-corrected chi connectivity index (χ0v) is 6.30. The molecule has 1 aromatic heterocycles. The van der Waals surface area contributed by atoms with Gasteiger partial charge in [0.25, 0.3) is 0 Å². The molecule has 4 heteroatoms. The highest BCUT2D eigenvalue weighted by Crippen LogP contribution is 2.04. The molecule has 0 aliphatic heterocycles. The van der Waals surface area contributed by atoms with Gasteiger partial charge in [-0.25, -0.2) is 4.98 Å². The summed E-state index contributed by atoms with van der Waals surface area (Å²) in [6.45, 7) is 3.10. The molecule has 0 radical (unpaired) electrons. The zero-order valence-electron chi connectivity index (χ0n) is 6.30. The van der Waals surface area contributed by atoms with Crippen molar-refractivity contribution in [3.8, 4) is 6.07 Å². The van der Waals surface area contributed by atoms with Crippen molar-refractivity contribution in [1.29, 1.82) is 5.26 Å². The van der Waals surface area contributed by atoms with Gasteiger partial charge in [-0.2, -0.15) is 5.26 Å². The van der Waals surface area contributed by atoms with E-state index in [1.54, 1.807) is 6.92 Å². The number of nitriles is 1.